The summed E-state index contributed by atoms with van der Waals surface area (Å²) in [6.45, 7) is 0. The quantitative estimate of drug-likeness (QED) is 0.172. The lowest BCUT2D eigenvalue weighted by Gasteiger charge is -2.09. The van der Waals surface area contributed by atoms with Crippen LogP contribution in [0.25, 0.3) is 21.8 Å². The molecule has 0 spiro atoms. The van der Waals surface area contributed by atoms with Crippen molar-refractivity contribution in [1.82, 2.24) is 4.57 Å². The number of rotatable bonds is 6. The second-order valence-corrected chi connectivity index (χ2v) is 8.89. The van der Waals surface area contributed by atoms with E-state index in [1.165, 1.54) is 36.0 Å². The van der Waals surface area contributed by atoms with E-state index in [2.05, 4.69) is 5.32 Å². The Kier molecular flexibility index (Phi) is 6.03. The largest absolute Gasteiger partial charge is 0.322 e. The summed E-state index contributed by atoms with van der Waals surface area (Å²) in [5, 5.41) is 15.8. The molecule has 1 aromatic heterocycles. The lowest BCUT2D eigenvalue weighted by Crippen LogP contribution is -2.13. The number of fused-ring (bicyclic) bond motifs is 3. The molecule has 0 unspecified atom stereocenters. The van der Waals surface area contributed by atoms with E-state index < -0.39 is 10.8 Å². The summed E-state index contributed by atoms with van der Waals surface area (Å²) in [5.41, 5.74) is 2.33. The zero-order valence-electron chi connectivity index (χ0n) is 18.4. The van der Waals surface area contributed by atoms with Crippen LogP contribution >= 0.6 is 11.8 Å². The number of carbonyl (C=O) groups is 2. The van der Waals surface area contributed by atoms with Gasteiger partial charge in [0.15, 0.2) is 0 Å². The van der Waals surface area contributed by atoms with Gasteiger partial charge < -0.3 is 5.32 Å². The maximum atomic E-state index is 13.3. The van der Waals surface area contributed by atoms with E-state index in [-0.39, 0.29) is 22.9 Å². The molecule has 0 aliphatic heterocycles. The SMILES string of the molecule is O=C(Nc1cccc(SCC(=O)n2c3ccccc3c3ccccc32)c1)c1cccc([N+](=O)[O-])c1. The minimum atomic E-state index is -0.539. The number of carbonyl (C=O) groups excluding carboxylic acids is 2. The van der Waals surface area contributed by atoms with Gasteiger partial charge in [-0.05, 0) is 36.4 Å². The van der Waals surface area contributed by atoms with Crippen LogP contribution in [0.15, 0.2) is 102 Å². The second kappa shape index (κ2) is 9.44. The van der Waals surface area contributed by atoms with Gasteiger partial charge in [-0.25, -0.2) is 0 Å². The highest BCUT2D eigenvalue weighted by atomic mass is 32.2. The van der Waals surface area contributed by atoms with Gasteiger partial charge in [0, 0.05) is 39.1 Å². The molecule has 172 valence electrons. The Morgan fingerprint density at radius 1 is 0.829 bits per heavy atom. The number of nitrogens with zero attached hydrogens (tertiary/aromatic N) is 2. The van der Waals surface area contributed by atoms with Gasteiger partial charge in [0.1, 0.15) is 0 Å². The molecule has 0 aliphatic carbocycles. The van der Waals surface area contributed by atoms with Crippen LogP contribution in [-0.2, 0) is 0 Å². The van der Waals surface area contributed by atoms with E-state index in [0.29, 0.717) is 5.69 Å². The van der Waals surface area contributed by atoms with Crippen molar-refractivity contribution in [2.75, 3.05) is 11.1 Å². The number of non-ortho nitro benzene ring substituents is 1. The van der Waals surface area contributed by atoms with Crippen LogP contribution < -0.4 is 5.32 Å². The van der Waals surface area contributed by atoms with Crippen molar-refractivity contribution in [2.24, 2.45) is 0 Å². The predicted octanol–water partition coefficient (Wildman–Crippen LogP) is 6.39. The summed E-state index contributed by atoms with van der Waals surface area (Å²) < 4.78 is 1.76. The van der Waals surface area contributed by atoms with Gasteiger partial charge in [0.25, 0.3) is 11.6 Å². The van der Waals surface area contributed by atoms with Gasteiger partial charge in [-0.15, -0.1) is 11.8 Å². The summed E-state index contributed by atoms with van der Waals surface area (Å²) in [6.07, 6.45) is 0. The van der Waals surface area contributed by atoms with E-state index in [9.17, 15) is 19.7 Å². The number of nitrogens with one attached hydrogen (secondary N) is 1. The maximum absolute atomic E-state index is 13.3. The molecule has 1 amide bonds. The van der Waals surface area contributed by atoms with Crippen LogP contribution in [0.5, 0.6) is 0 Å². The van der Waals surface area contributed by atoms with Gasteiger partial charge in [-0.3, -0.25) is 24.3 Å². The van der Waals surface area contributed by atoms with Crippen molar-refractivity contribution in [2.45, 2.75) is 4.90 Å². The van der Waals surface area contributed by atoms with Crippen molar-refractivity contribution in [1.29, 1.82) is 0 Å². The van der Waals surface area contributed by atoms with Crippen molar-refractivity contribution in [3.63, 3.8) is 0 Å². The fourth-order valence-corrected chi connectivity index (χ4v) is 4.83. The average molecular weight is 482 g/mol. The Balaban J connectivity index is 1.33. The molecular formula is C27H19N3O4S. The number of anilines is 1. The third kappa shape index (κ3) is 4.51. The summed E-state index contributed by atoms with van der Waals surface area (Å²) in [4.78, 5) is 37.1. The van der Waals surface area contributed by atoms with E-state index >= 15 is 0 Å². The Morgan fingerprint density at radius 2 is 1.49 bits per heavy atom. The van der Waals surface area contributed by atoms with Crippen LogP contribution in [0.2, 0.25) is 0 Å². The predicted molar refractivity (Wildman–Crippen MR) is 138 cm³/mol. The van der Waals surface area contributed by atoms with Gasteiger partial charge in [0.2, 0.25) is 5.91 Å². The smallest absolute Gasteiger partial charge is 0.270 e. The molecule has 1 heterocycles. The number of nitro benzene ring substituents is 1. The minimum Gasteiger partial charge on any atom is -0.322 e. The van der Waals surface area contributed by atoms with Crippen LogP contribution in [0.3, 0.4) is 0 Å². The summed E-state index contributed by atoms with van der Waals surface area (Å²) in [6, 6.07) is 28.4. The Bertz CT molecular complexity index is 1560. The molecule has 0 fully saturated rings. The standard InChI is InChI=1S/C27H19N3O4S/c31-26(29-24-13-3-1-11-22(24)23-12-2-4-14-25(23)29)17-35-21-10-6-8-19(16-21)28-27(32)18-7-5-9-20(15-18)30(33)34/h1-16H,17H2,(H,28,32). The number of amides is 1. The lowest BCUT2D eigenvalue weighted by molar-refractivity contribution is -0.384. The van der Waals surface area contributed by atoms with Crippen LogP contribution in [0.1, 0.15) is 15.2 Å². The van der Waals surface area contributed by atoms with Crippen molar-refractivity contribution in [3.05, 3.63) is 113 Å². The highest BCUT2D eigenvalue weighted by Gasteiger charge is 2.16. The first-order chi connectivity index (χ1) is 17.0. The first kappa shape index (κ1) is 22.4. The molecule has 0 bridgehead atoms. The van der Waals surface area contributed by atoms with Crippen LogP contribution in [0, 0.1) is 10.1 Å². The Morgan fingerprint density at radius 3 is 2.17 bits per heavy atom. The fraction of sp³-hybridized carbons (Fsp3) is 0.0370. The molecule has 0 radical (unpaired) electrons. The van der Waals surface area contributed by atoms with E-state index in [4.69, 9.17) is 0 Å². The van der Waals surface area contributed by atoms with Gasteiger partial charge in [-0.2, -0.15) is 0 Å². The fourth-order valence-electron chi connectivity index (χ4n) is 4.03. The first-order valence-corrected chi connectivity index (χ1v) is 11.8. The number of nitro groups is 1. The molecular weight excluding hydrogens is 462 g/mol. The summed E-state index contributed by atoms with van der Waals surface area (Å²) in [5.74, 6) is -0.277. The number of benzene rings is 4. The van der Waals surface area contributed by atoms with Gasteiger partial charge in [-0.1, -0.05) is 48.5 Å². The van der Waals surface area contributed by atoms with E-state index in [0.717, 1.165) is 26.7 Å². The normalized spacial score (nSPS) is 11.0. The first-order valence-electron chi connectivity index (χ1n) is 10.8. The average Bonchev–Trinajstić information content (AvgIpc) is 3.22. The summed E-state index contributed by atoms with van der Waals surface area (Å²) in [7, 11) is 0. The van der Waals surface area contributed by atoms with Crippen molar-refractivity contribution < 1.29 is 14.5 Å². The highest BCUT2D eigenvalue weighted by molar-refractivity contribution is 8.00. The monoisotopic (exact) mass is 481 g/mol. The molecule has 0 saturated heterocycles. The number of para-hydroxylation sites is 2. The highest BCUT2D eigenvalue weighted by Crippen LogP contribution is 2.30. The number of hydrogen-bond donors (Lipinski definition) is 1. The lowest BCUT2D eigenvalue weighted by atomic mass is 10.2. The van der Waals surface area contributed by atoms with E-state index in [1.54, 1.807) is 22.8 Å². The zero-order valence-corrected chi connectivity index (χ0v) is 19.2. The molecule has 0 saturated carbocycles. The third-order valence-corrected chi connectivity index (χ3v) is 6.58. The second-order valence-electron chi connectivity index (χ2n) is 7.84. The molecule has 7 nitrogen and oxygen atoms in total. The number of hydrogen-bond acceptors (Lipinski definition) is 5. The van der Waals surface area contributed by atoms with Gasteiger partial charge >= 0.3 is 0 Å². The minimum absolute atomic E-state index is 0.0431. The molecule has 4 aromatic carbocycles. The third-order valence-electron chi connectivity index (χ3n) is 5.60. The summed E-state index contributed by atoms with van der Waals surface area (Å²) >= 11 is 1.38. The molecule has 8 heteroatoms. The molecule has 35 heavy (non-hydrogen) atoms. The Hall–Kier alpha value is -4.43. The van der Waals surface area contributed by atoms with Crippen LogP contribution in [-0.4, -0.2) is 27.1 Å². The molecule has 1 N–H and O–H groups in total. The number of aromatic nitrogens is 1. The number of thioether (sulfide) groups is 1. The van der Waals surface area contributed by atoms with Crippen molar-refractivity contribution in [3.8, 4) is 0 Å². The zero-order chi connectivity index (χ0) is 24.4. The maximum Gasteiger partial charge on any atom is 0.270 e. The van der Waals surface area contributed by atoms with Crippen LogP contribution in [0.4, 0.5) is 11.4 Å². The van der Waals surface area contributed by atoms with Gasteiger partial charge in [0.05, 0.1) is 21.7 Å². The van der Waals surface area contributed by atoms with Crippen molar-refractivity contribution >= 4 is 56.8 Å². The topological polar surface area (TPSA) is 94.2 Å². The molecule has 0 aliphatic rings. The molecule has 5 rings (SSSR count). The molecule has 5 aromatic rings. The molecule has 0 atom stereocenters. The Labute approximate surface area is 204 Å². The van der Waals surface area contributed by atoms with E-state index in [1.807, 2.05) is 54.6 Å².